The van der Waals surface area contributed by atoms with Gasteiger partial charge < -0.3 is 30.2 Å². The van der Waals surface area contributed by atoms with Crippen LogP contribution in [0.3, 0.4) is 0 Å². The molecule has 1 aromatic carbocycles. The summed E-state index contributed by atoms with van der Waals surface area (Å²) in [6, 6.07) is 2.15. The summed E-state index contributed by atoms with van der Waals surface area (Å²) in [5.74, 6) is 4.94. The molecule has 1 saturated heterocycles. The number of amides is 2. The molecule has 1 aromatic heterocycles. The maximum atomic E-state index is 14.4. The largest absolute Gasteiger partial charge is 0.454 e. The van der Waals surface area contributed by atoms with E-state index in [0.717, 1.165) is 0 Å². The van der Waals surface area contributed by atoms with E-state index >= 15 is 0 Å². The summed E-state index contributed by atoms with van der Waals surface area (Å²) < 4.78 is 31.7. The lowest BCUT2D eigenvalue weighted by Crippen LogP contribution is -2.37. The Balaban J connectivity index is 1.72. The summed E-state index contributed by atoms with van der Waals surface area (Å²) in [4.78, 5) is 26.3. The third-order valence-electron chi connectivity index (χ3n) is 5.73. The van der Waals surface area contributed by atoms with Crippen LogP contribution >= 0.6 is 0 Å². The fourth-order valence-corrected chi connectivity index (χ4v) is 4.21. The molecule has 3 N–H and O–H groups in total. The zero-order valence-corrected chi connectivity index (χ0v) is 18.8. The number of aromatic nitrogens is 2. The molecule has 2 amide bonds. The number of benzene rings is 1. The zero-order valence-electron chi connectivity index (χ0n) is 18.8. The molecule has 0 aliphatic carbocycles. The van der Waals surface area contributed by atoms with E-state index in [9.17, 15) is 14.0 Å². The third-order valence-corrected chi connectivity index (χ3v) is 5.73. The van der Waals surface area contributed by atoms with Crippen molar-refractivity contribution >= 4 is 17.6 Å². The SMILES string of the molecule is C=CC(=O)N1C[C@@H](n2nc(C#Cc3cc4c(cc3F)OCO4)c(C(N)=O)c2NC)C[C@@H]1COC. The second kappa shape index (κ2) is 9.44. The van der Waals surface area contributed by atoms with Crippen molar-refractivity contribution in [3.63, 3.8) is 0 Å². The number of anilines is 1. The Morgan fingerprint density at radius 1 is 1.38 bits per heavy atom. The highest BCUT2D eigenvalue weighted by Gasteiger charge is 2.37. The molecule has 10 nitrogen and oxygen atoms in total. The van der Waals surface area contributed by atoms with Gasteiger partial charge in [-0.05, 0) is 18.4 Å². The fourth-order valence-electron chi connectivity index (χ4n) is 4.21. The van der Waals surface area contributed by atoms with Crippen molar-refractivity contribution in [2.24, 2.45) is 5.73 Å². The highest BCUT2D eigenvalue weighted by atomic mass is 19.1. The lowest BCUT2D eigenvalue weighted by Gasteiger charge is -2.22. The molecule has 0 unspecified atom stereocenters. The lowest BCUT2D eigenvalue weighted by molar-refractivity contribution is -0.127. The lowest BCUT2D eigenvalue weighted by atomic mass is 10.1. The van der Waals surface area contributed by atoms with Gasteiger partial charge in [0, 0.05) is 32.8 Å². The van der Waals surface area contributed by atoms with Crippen LogP contribution in [0, 0.1) is 17.7 Å². The molecule has 2 aliphatic heterocycles. The number of carbonyl (C=O) groups excluding carboxylic acids is 2. The first-order valence-electron chi connectivity index (χ1n) is 10.5. The molecule has 0 spiro atoms. The quantitative estimate of drug-likeness (QED) is 0.483. The first-order valence-corrected chi connectivity index (χ1v) is 10.5. The molecule has 0 radical (unpaired) electrons. The van der Waals surface area contributed by atoms with Crippen LogP contribution in [0.2, 0.25) is 0 Å². The van der Waals surface area contributed by atoms with Gasteiger partial charge in [0.1, 0.15) is 17.2 Å². The molecule has 0 bridgehead atoms. The Kier molecular flexibility index (Phi) is 6.43. The highest BCUT2D eigenvalue weighted by molar-refractivity contribution is 6.00. The van der Waals surface area contributed by atoms with E-state index in [2.05, 4.69) is 28.8 Å². The van der Waals surface area contributed by atoms with E-state index in [1.54, 1.807) is 23.7 Å². The van der Waals surface area contributed by atoms with Crippen LogP contribution in [0.4, 0.5) is 10.2 Å². The number of ether oxygens (including phenoxy) is 3. The van der Waals surface area contributed by atoms with Gasteiger partial charge in [0.25, 0.3) is 5.91 Å². The normalized spacial score (nSPS) is 18.4. The number of primary amides is 1. The van der Waals surface area contributed by atoms with Crippen molar-refractivity contribution in [3.05, 3.63) is 47.4 Å². The average Bonchev–Trinajstić information content (AvgIpc) is 3.53. The van der Waals surface area contributed by atoms with Crippen LogP contribution in [-0.2, 0) is 9.53 Å². The van der Waals surface area contributed by atoms with Gasteiger partial charge >= 0.3 is 0 Å². The number of likely N-dealkylation sites (tertiary alicyclic amines) is 1. The topological polar surface area (TPSA) is 121 Å². The van der Waals surface area contributed by atoms with E-state index in [0.29, 0.717) is 36.9 Å². The van der Waals surface area contributed by atoms with Gasteiger partial charge in [-0.15, -0.1) is 0 Å². The number of nitrogens with one attached hydrogen (secondary N) is 1. The van der Waals surface area contributed by atoms with Crippen LogP contribution in [0.5, 0.6) is 11.5 Å². The summed E-state index contributed by atoms with van der Waals surface area (Å²) in [6.45, 7) is 4.23. The van der Waals surface area contributed by atoms with Gasteiger partial charge in [0.15, 0.2) is 17.2 Å². The van der Waals surface area contributed by atoms with Crippen molar-refractivity contribution < 1.29 is 28.2 Å². The van der Waals surface area contributed by atoms with Gasteiger partial charge in [-0.1, -0.05) is 12.5 Å². The Hall–Kier alpha value is -4.04. The number of fused-ring (bicyclic) bond motifs is 1. The minimum Gasteiger partial charge on any atom is -0.454 e. The predicted octanol–water partition coefficient (Wildman–Crippen LogP) is 1.27. The number of nitrogens with two attached hydrogens (primary N) is 1. The van der Waals surface area contributed by atoms with E-state index in [1.165, 1.54) is 18.2 Å². The maximum Gasteiger partial charge on any atom is 0.255 e. The fraction of sp³-hybridized carbons (Fsp3) is 0.348. The molecule has 1 fully saturated rings. The summed E-state index contributed by atoms with van der Waals surface area (Å²) in [5, 5.41) is 7.47. The van der Waals surface area contributed by atoms with Crippen LogP contribution in [0.1, 0.15) is 34.1 Å². The molecule has 4 rings (SSSR count). The second-order valence-corrected chi connectivity index (χ2v) is 7.76. The van der Waals surface area contributed by atoms with Gasteiger partial charge in [-0.25, -0.2) is 9.07 Å². The highest BCUT2D eigenvalue weighted by Crippen LogP contribution is 2.35. The third kappa shape index (κ3) is 4.15. The second-order valence-electron chi connectivity index (χ2n) is 7.76. The number of halogens is 1. The Labute approximate surface area is 195 Å². The number of methoxy groups -OCH3 is 1. The minimum atomic E-state index is -0.739. The minimum absolute atomic E-state index is 0.00421. The Bertz CT molecular complexity index is 1210. The van der Waals surface area contributed by atoms with Gasteiger partial charge in [-0.3, -0.25) is 9.59 Å². The molecular formula is C23H24FN5O5. The summed E-state index contributed by atoms with van der Waals surface area (Å²) in [6.07, 6.45) is 1.78. The summed E-state index contributed by atoms with van der Waals surface area (Å²) in [5.41, 5.74) is 5.86. The smallest absolute Gasteiger partial charge is 0.255 e. The molecule has 0 saturated carbocycles. The van der Waals surface area contributed by atoms with Crippen molar-refractivity contribution in [1.82, 2.24) is 14.7 Å². The Morgan fingerprint density at radius 3 is 2.76 bits per heavy atom. The number of carbonyl (C=O) groups is 2. The van der Waals surface area contributed by atoms with Crippen LogP contribution < -0.4 is 20.5 Å². The standard InChI is InChI=1S/C23H24FN5O5/c1-4-20(30)28-10-14(8-15(28)11-32-3)29-23(26-2)21(22(25)31)17(27-29)6-5-13-7-18-19(9-16(13)24)34-12-33-18/h4,7,9,14-15,26H,1,8,10-12H2,2-3H3,(H2,25,31)/t14-,15+/m0/s1. The van der Waals surface area contributed by atoms with Gasteiger partial charge in [0.2, 0.25) is 12.7 Å². The molecule has 2 aromatic rings. The first kappa shape index (κ1) is 23.1. The van der Waals surface area contributed by atoms with Crippen molar-refractivity contribution in [3.8, 4) is 23.3 Å². The average molecular weight is 469 g/mol. The molecule has 34 heavy (non-hydrogen) atoms. The van der Waals surface area contributed by atoms with E-state index in [1.807, 2.05) is 0 Å². The van der Waals surface area contributed by atoms with Crippen LogP contribution in [0.25, 0.3) is 0 Å². The molecule has 2 aliphatic rings. The molecular weight excluding hydrogens is 445 g/mol. The number of hydrogen-bond donors (Lipinski definition) is 2. The van der Waals surface area contributed by atoms with Gasteiger partial charge in [-0.2, -0.15) is 5.10 Å². The number of nitrogens with zero attached hydrogens (tertiary/aromatic N) is 3. The van der Waals surface area contributed by atoms with Crippen LogP contribution in [0.15, 0.2) is 24.8 Å². The van der Waals surface area contributed by atoms with E-state index in [-0.39, 0.29) is 41.6 Å². The summed E-state index contributed by atoms with van der Waals surface area (Å²) in [7, 11) is 3.19. The molecule has 2 atom stereocenters. The van der Waals surface area contributed by atoms with Crippen LogP contribution in [-0.4, -0.2) is 66.6 Å². The van der Waals surface area contributed by atoms with E-state index < -0.39 is 11.7 Å². The number of rotatable bonds is 6. The number of hydrogen-bond acceptors (Lipinski definition) is 7. The van der Waals surface area contributed by atoms with Crippen molar-refractivity contribution in [2.45, 2.75) is 18.5 Å². The first-order chi connectivity index (χ1) is 16.4. The molecule has 3 heterocycles. The Morgan fingerprint density at radius 2 is 2.12 bits per heavy atom. The predicted molar refractivity (Wildman–Crippen MR) is 120 cm³/mol. The summed E-state index contributed by atoms with van der Waals surface area (Å²) >= 11 is 0. The monoisotopic (exact) mass is 469 g/mol. The molecule has 11 heteroatoms. The van der Waals surface area contributed by atoms with Crippen molar-refractivity contribution in [1.29, 1.82) is 0 Å². The van der Waals surface area contributed by atoms with Gasteiger partial charge in [0.05, 0.1) is 24.3 Å². The van der Waals surface area contributed by atoms with Crippen molar-refractivity contribution in [2.75, 3.05) is 39.4 Å². The van der Waals surface area contributed by atoms with E-state index in [4.69, 9.17) is 19.9 Å². The maximum absolute atomic E-state index is 14.4. The molecule has 178 valence electrons. The zero-order chi connectivity index (χ0) is 24.4.